The van der Waals surface area contributed by atoms with E-state index in [4.69, 9.17) is 12.6 Å². The van der Waals surface area contributed by atoms with Crippen LogP contribution in [0.5, 0.6) is 0 Å². The molecule has 0 aromatic carbocycles. The van der Waals surface area contributed by atoms with E-state index in [0.717, 1.165) is 11.7 Å². The molecule has 0 aromatic rings. The van der Waals surface area contributed by atoms with E-state index >= 15 is 0 Å². The average molecular weight is 312 g/mol. The Kier molecular flexibility index (Phi) is 8.76. The quantitative estimate of drug-likeness (QED) is 0.386. The molecule has 0 heterocycles. The summed E-state index contributed by atoms with van der Waals surface area (Å²) in [6, 6.07) is 0. The minimum atomic E-state index is 0.449. The first-order valence-corrected chi connectivity index (χ1v) is 10.1. The Hall–Kier alpha value is 0.350. The minimum Gasteiger partial charge on any atom is -0.0942 e. The van der Waals surface area contributed by atoms with Crippen LogP contribution < -0.4 is 0 Å². The fourth-order valence-corrected chi connectivity index (χ4v) is 4.96. The van der Waals surface area contributed by atoms with Crippen molar-refractivity contribution in [1.29, 1.82) is 0 Å². The summed E-state index contributed by atoms with van der Waals surface area (Å²) in [4.78, 5) is 0. The van der Waals surface area contributed by atoms with Gasteiger partial charge in [-0.3, -0.25) is 0 Å². The number of rotatable bonds is 9. The second kappa shape index (κ2) is 9.48. The zero-order chi connectivity index (χ0) is 15.8. The van der Waals surface area contributed by atoms with Crippen LogP contribution in [-0.4, -0.2) is 5.75 Å². The fraction of sp³-hybridized carbons (Fsp3) is 1.00. The van der Waals surface area contributed by atoms with Gasteiger partial charge in [-0.1, -0.05) is 85.3 Å². The van der Waals surface area contributed by atoms with Crippen LogP contribution in [0.4, 0.5) is 0 Å². The zero-order valence-corrected chi connectivity index (χ0v) is 16.0. The van der Waals surface area contributed by atoms with Crippen LogP contribution >= 0.6 is 12.6 Å². The lowest BCUT2D eigenvalue weighted by Gasteiger charge is -2.53. The molecule has 0 nitrogen and oxygen atoms in total. The van der Waals surface area contributed by atoms with Crippen LogP contribution in [0, 0.1) is 16.7 Å². The van der Waals surface area contributed by atoms with Gasteiger partial charge in [0.05, 0.1) is 0 Å². The third kappa shape index (κ3) is 5.48. The van der Waals surface area contributed by atoms with Crippen molar-refractivity contribution in [2.45, 2.75) is 105 Å². The highest BCUT2D eigenvalue weighted by atomic mass is 32.1. The summed E-state index contributed by atoms with van der Waals surface area (Å²) in [6.45, 7) is 9.83. The van der Waals surface area contributed by atoms with Crippen molar-refractivity contribution in [3.05, 3.63) is 0 Å². The van der Waals surface area contributed by atoms with E-state index in [-0.39, 0.29) is 0 Å². The normalized spacial score (nSPS) is 20.4. The molecule has 1 fully saturated rings. The molecular formula is C20H39S. The average Bonchev–Trinajstić information content (AvgIpc) is 2.46. The Morgan fingerprint density at radius 3 is 2.05 bits per heavy atom. The first kappa shape index (κ1) is 19.4. The Morgan fingerprint density at radius 1 is 0.905 bits per heavy atom. The number of hydrogen-bond acceptors (Lipinski definition) is 0. The SMILES string of the molecule is CCCCCCC(CCC[S])C1(C(C)(C)C)CCCCC1. The van der Waals surface area contributed by atoms with Gasteiger partial charge in [-0.2, -0.15) is 0 Å². The van der Waals surface area contributed by atoms with Crippen molar-refractivity contribution in [3.63, 3.8) is 0 Å². The largest absolute Gasteiger partial charge is 0.0942 e. The molecule has 1 unspecified atom stereocenters. The Morgan fingerprint density at radius 2 is 1.52 bits per heavy atom. The van der Waals surface area contributed by atoms with Gasteiger partial charge in [0, 0.05) is 5.75 Å². The molecule has 1 rings (SSSR count). The van der Waals surface area contributed by atoms with Gasteiger partial charge in [0.1, 0.15) is 0 Å². The van der Waals surface area contributed by atoms with Gasteiger partial charge in [-0.25, -0.2) is 0 Å². The van der Waals surface area contributed by atoms with Crippen LogP contribution in [0.1, 0.15) is 105 Å². The molecular weight excluding hydrogens is 272 g/mol. The lowest BCUT2D eigenvalue weighted by atomic mass is 9.52. The molecule has 0 spiro atoms. The molecule has 125 valence electrons. The van der Waals surface area contributed by atoms with Crippen LogP contribution in [0.15, 0.2) is 0 Å². The standard InChI is InChI=1S/C20H39S/c1-5-6-7-9-13-18(14-12-17-21)20(19(2,3)4)15-10-8-11-16-20/h18H,5-17H2,1-4H3. The Labute approximate surface area is 140 Å². The lowest BCUT2D eigenvalue weighted by Crippen LogP contribution is -2.44. The van der Waals surface area contributed by atoms with Gasteiger partial charge in [0.15, 0.2) is 0 Å². The zero-order valence-electron chi connectivity index (χ0n) is 15.2. The molecule has 0 N–H and O–H groups in total. The third-order valence-electron chi connectivity index (χ3n) is 6.12. The molecule has 1 saturated carbocycles. The molecule has 1 aliphatic carbocycles. The van der Waals surface area contributed by atoms with E-state index in [2.05, 4.69) is 27.7 Å². The Balaban J connectivity index is 2.78. The summed E-state index contributed by atoms with van der Waals surface area (Å²) >= 11 is 5.26. The summed E-state index contributed by atoms with van der Waals surface area (Å²) in [5, 5.41) is 0. The van der Waals surface area contributed by atoms with Gasteiger partial charge in [0.25, 0.3) is 0 Å². The van der Waals surface area contributed by atoms with E-state index < -0.39 is 0 Å². The highest BCUT2D eigenvalue weighted by Crippen LogP contribution is 2.56. The van der Waals surface area contributed by atoms with Crippen molar-refractivity contribution >= 4 is 12.6 Å². The lowest BCUT2D eigenvalue weighted by molar-refractivity contribution is -0.0317. The van der Waals surface area contributed by atoms with E-state index in [0.29, 0.717) is 10.8 Å². The maximum atomic E-state index is 5.26. The molecule has 0 amide bonds. The summed E-state index contributed by atoms with van der Waals surface area (Å²) < 4.78 is 0. The van der Waals surface area contributed by atoms with E-state index in [1.54, 1.807) is 0 Å². The molecule has 0 bridgehead atoms. The van der Waals surface area contributed by atoms with Crippen LogP contribution in [0.25, 0.3) is 0 Å². The smallest absolute Gasteiger partial charge is 0.00370 e. The van der Waals surface area contributed by atoms with E-state index in [9.17, 15) is 0 Å². The first-order valence-electron chi connectivity index (χ1n) is 9.56. The second-order valence-corrected chi connectivity index (χ2v) is 8.77. The van der Waals surface area contributed by atoms with Crippen LogP contribution in [0.2, 0.25) is 0 Å². The van der Waals surface area contributed by atoms with Gasteiger partial charge < -0.3 is 0 Å². The van der Waals surface area contributed by atoms with Crippen molar-refractivity contribution in [2.24, 2.45) is 16.7 Å². The van der Waals surface area contributed by atoms with E-state index in [1.165, 1.54) is 77.0 Å². The monoisotopic (exact) mass is 311 g/mol. The van der Waals surface area contributed by atoms with Crippen molar-refractivity contribution < 1.29 is 0 Å². The first-order chi connectivity index (χ1) is 9.98. The second-order valence-electron chi connectivity index (χ2n) is 8.36. The molecule has 1 aliphatic rings. The molecule has 21 heavy (non-hydrogen) atoms. The molecule has 0 aromatic heterocycles. The highest BCUT2D eigenvalue weighted by molar-refractivity contribution is 7.80. The topological polar surface area (TPSA) is 0 Å². The molecule has 1 radical (unpaired) electrons. The maximum Gasteiger partial charge on any atom is 0.00370 e. The van der Waals surface area contributed by atoms with E-state index in [1.807, 2.05) is 0 Å². The molecule has 1 heteroatoms. The van der Waals surface area contributed by atoms with Gasteiger partial charge >= 0.3 is 0 Å². The summed E-state index contributed by atoms with van der Waals surface area (Å²) in [5.74, 6) is 1.86. The highest BCUT2D eigenvalue weighted by Gasteiger charge is 2.47. The number of hydrogen-bond donors (Lipinski definition) is 0. The third-order valence-corrected chi connectivity index (χ3v) is 6.41. The minimum absolute atomic E-state index is 0.449. The maximum absolute atomic E-state index is 5.26. The van der Waals surface area contributed by atoms with Crippen LogP contribution in [-0.2, 0) is 0 Å². The van der Waals surface area contributed by atoms with Gasteiger partial charge in [0.2, 0.25) is 0 Å². The van der Waals surface area contributed by atoms with Crippen molar-refractivity contribution in [1.82, 2.24) is 0 Å². The predicted octanol–water partition coefficient (Wildman–Crippen LogP) is 7.55. The van der Waals surface area contributed by atoms with Gasteiger partial charge in [-0.15, -0.1) is 0 Å². The van der Waals surface area contributed by atoms with Crippen molar-refractivity contribution in [2.75, 3.05) is 5.75 Å². The summed E-state index contributed by atoms with van der Waals surface area (Å²) in [7, 11) is 0. The summed E-state index contributed by atoms with van der Waals surface area (Å²) in [6.07, 6.45) is 17.0. The number of unbranched alkanes of at least 4 members (excludes halogenated alkanes) is 3. The van der Waals surface area contributed by atoms with Crippen molar-refractivity contribution in [3.8, 4) is 0 Å². The Bertz CT molecular complexity index is 258. The molecule has 0 aliphatic heterocycles. The molecule has 1 atom stereocenters. The predicted molar refractivity (Wildman–Crippen MR) is 98.9 cm³/mol. The van der Waals surface area contributed by atoms with Gasteiger partial charge in [-0.05, 0) is 48.9 Å². The fourth-order valence-electron chi connectivity index (χ4n) is 4.80. The molecule has 0 saturated heterocycles. The van der Waals surface area contributed by atoms with Crippen LogP contribution in [0.3, 0.4) is 0 Å². The summed E-state index contributed by atoms with van der Waals surface area (Å²) in [5.41, 5.74) is 1.03.